The van der Waals surface area contributed by atoms with Gasteiger partial charge in [0, 0.05) is 12.1 Å². The maximum atomic E-state index is 14.8. The van der Waals surface area contributed by atoms with Gasteiger partial charge in [-0.15, -0.1) is 0 Å². The van der Waals surface area contributed by atoms with Gasteiger partial charge in [-0.1, -0.05) is 6.42 Å². The molecule has 194 valence electrons. The van der Waals surface area contributed by atoms with Crippen molar-refractivity contribution < 1.29 is 38.1 Å². The summed E-state index contributed by atoms with van der Waals surface area (Å²) in [5.74, 6) is -3.08. The minimum absolute atomic E-state index is 0.0402. The largest absolute Gasteiger partial charge is 0.496 e. The lowest BCUT2D eigenvalue weighted by molar-refractivity contribution is -0.169. The summed E-state index contributed by atoms with van der Waals surface area (Å²) in [5, 5.41) is 12.1. The van der Waals surface area contributed by atoms with E-state index in [0.717, 1.165) is 6.07 Å². The van der Waals surface area contributed by atoms with E-state index < -0.39 is 40.7 Å². The number of methoxy groups -OCH3 is 1. The quantitative estimate of drug-likeness (QED) is 0.539. The minimum atomic E-state index is -0.946. The molecule has 0 bridgehead atoms. The van der Waals surface area contributed by atoms with E-state index >= 15 is 0 Å². The number of carboxylic acids is 1. The average molecular weight is 494 g/mol. The second kappa shape index (κ2) is 10.4. The second-order valence-corrected chi connectivity index (χ2v) is 10.8. The van der Waals surface area contributed by atoms with Gasteiger partial charge in [0.05, 0.1) is 30.1 Å². The molecule has 1 amide bonds. The van der Waals surface area contributed by atoms with Gasteiger partial charge >= 0.3 is 11.9 Å². The Labute approximate surface area is 205 Å². The van der Waals surface area contributed by atoms with E-state index in [1.807, 2.05) is 27.7 Å². The highest BCUT2D eigenvalue weighted by molar-refractivity contribution is 5.98. The van der Waals surface area contributed by atoms with Gasteiger partial charge in [-0.2, -0.15) is 0 Å². The third-order valence-corrected chi connectivity index (χ3v) is 6.87. The summed E-state index contributed by atoms with van der Waals surface area (Å²) >= 11 is 0. The van der Waals surface area contributed by atoms with E-state index in [1.54, 1.807) is 0 Å². The van der Waals surface area contributed by atoms with Gasteiger partial charge < -0.3 is 24.6 Å². The van der Waals surface area contributed by atoms with Crippen molar-refractivity contribution in [2.45, 2.75) is 90.4 Å². The van der Waals surface area contributed by atoms with Gasteiger partial charge in [0.2, 0.25) is 0 Å². The molecule has 1 aromatic rings. The molecule has 0 radical (unpaired) electrons. The van der Waals surface area contributed by atoms with Crippen LogP contribution in [-0.2, 0) is 14.3 Å². The van der Waals surface area contributed by atoms with Crippen molar-refractivity contribution >= 4 is 17.8 Å². The van der Waals surface area contributed by atoms with E-state index in [1.165, 1.54) is 13.2 Å². The highest BCUT2D eigenvalue weighted by atomic mass is 19.1. The number of aliphatic carboxylic acids is 1. The predicted octanol–water partition coefficient (Wildman–Crippen LogP) is 4.49. The molecule has 0 aromatic heterocycles. The van der Waals surface area contributed by atoms with Crippen LogP contribution in [0.3, 0.4) is 0 Å². The van der Waals surface area contributed by atoms with Crippen LogP contribution in [0.4, 0.5) is 4.39 Å². The van der Waals surface area contributed by atoms with Crippen molar-refractivity contribution in [1.82, 2.24) is 5.32 Å². The summed E-state index contributed by atoms with van der Waals surface area (Å²) < 4.78 is 31.5. The molecule has 9 heteroatoms. The number of carbonyl (C=O) groups excluding carboxylic acids is 2. The maximum absolute atomic E-state index is 14.8. The SMILES string of the molecule is COc1cc(F)c(O[C@H]2CC[C@@](C)(C(=O)OC(C)(C)C)CC2)cc1C(=O)N[C@@H]1CCC[C@@H]1C(=O)O. The first kappa shape index (κ1) is 26.8. The number of rotatable bonds is 7. The summed E-state index contributed by atoms with van der Waals surface area (Å²) in [7, 11) is 1.33. The molecule has 3 rings (SSSR count). The number of benzene rings is 1. The molecule has 0 spiro atoms. The molecule has 2 aliphatic rings. The normalized spacial score (nSPS) is 26.6. The molecule has 2 saturated carbocycles. The summed E-state index contributed by atoms with van der Waals surface area (Å²) in [5.41, 5.74) is -1.12. The smallest absolute Gasteiger partial charge is 0.312 e. The number of carbonyl (C=O) groups is 3. The molecule has 0 saturated heterocycles. The van der Waals surface area contributed by atoms with Crippen LogP contribution in [0.25, 0.3) is 0 Å². The van der Waals surface area contributed by atoms with Crippen LogP contribution in [-0.4, -0.2) is 47.8 Å². The van der Waals surface area contributed by atoms with Crippen molar-refractivity contribution in [2.75, 3.05) is 7.11 Å². The lowest BCUT2D eigenvalue weighted by Gasteiger charge is -2.37. The van der Waals surface area contributed by atoms with E-state index in [0.29, 0.717) is 44.9 Å². The number of nitrogens with one attached hydrogen (secondary N) is 1. The fraction of sp³-hybridized carbons (Fsp3) is 0.654. The molecule has 2 aliphatic carbocycles. The summed E-state index contributed by atoms with van der Waals surface area (Å²) in [6.45, 7) is 7.37. The van der Waals surface area contributed by atoms with Crippen LogP contribution in [0.2, 0.25) is 0 Å². The van der Waals surface area contributed by atoms with E-state index in [-0.39, 0.29) is 29.1 Å². The molecule has 0 unspecified atom stereocenters. The number of amides is 1. The van der Waals surface area contributed by atoms with E-state index in [4.69, 9.17) is 14.2 Å². The zero-order chi connectivity index (χ0) is 26.0. The van der Waals surface area contributed by atoms with Crippen LogP contribution in [0.1, 0.15) is 83.0 Å². The number of hydrogen-bond donors (Lipinski definition) is 2. The highest BCUT2D eigenvalue weighted by Gasteiger charge is 2.41. The third kappa shape index (κ3) is 6.44. The number of carboxylic acid groups (broad SMARTS) is 1. The number of hydrogen-bond acceptors (Lipinski definition) is 6. The fourth-order valence-corrected chi connectivity index (χ4v) is 4.78. The standard InChI is InChI=1S/C26H36FNO7/c1-25(2,3)35-24(32)26(4)11-9-15(10-12-26)34-21-13-17(20(33-5)14-18(21)27)22(29)28-19-8-6-7-16(19)23(30)31/h13-16,19H,6-12H2,1-5H3,(H,28,29)(H,30,31)/t15-,16-,19+,26+/m0/s1. The minimum Gasteiger partial charge on any atom is -0.496 e. The van der Waals surface area contributed by atoms with Crippen molar-refractivity contribution in [3.63, 3.8) is 0 Å². The first-order valence-corrected chi connectivity index (χ1v) is 12.1. The molecule has 1 aromatic carbocycles. The second-order valence-electron chi connectivity index (χ2n) is 10.8. The highest BCUT2D eigenvalue weighted by Crippen LogP contribution is 2.40. The van der Waals surface area contributed by atoms with Gasteiger partial charge in [0.1, 0.15) is 11.4 Å². The summed E-state index contributed by atoms with van der Waals surface area (Å²) in [6, 6.07) is 1.90. The van der Waals surface area contributed by atoms with Crippen LogP contribution in [0.5, 0.6) is 11.5 Å². The molecule has 2 fully saturated rings. The lowest BCUT2D eigenvalue weighted by Crippen LogP contribution is -2.40. The van der Waals surface area contributed by atoms with Gasteiger partial charge in [-0.25, -0.2) is 4.39 Å². The lowest BCUT2D eigenvalue weighted by atomic mass is 9.74. The Bertz CT molecular complexity index is 963. The number of halogens is 1. The van der Waals surface area contributed by atoms with Gasteiger partial charge in [0.15, 0.2) is 11.6 Å². The van der Waals surface area contributed by atoms with Crippen molar-refractivity contribution in [2.24, 2.45) is 11.3 Å². The topological polar surface area (TPSA) is 111 Å². The van der Waals surface area contributed by atoms with Crippen LogP contribution >= 0.6 is 0 Å². The third-order valence-electron chi connectivity index (χ3n) is 6.87. The average Bonchev–Trinajstić information content (AvgIpc) is 3.23. The Morgan fingerprint density at radius 1 is 1.09 bits per heavy atom. The summed E-state index contributed by atoms with van der Waals surface area (Å²) in [6.07, 6.45) is 3.59. The van der Waals surface area contributed by atoms with E-state index in [9.17, 15) is 23.9 Å². The summed E-state index contributed by atoms with van der Waals surface area (Å²) in [4.78, 5) is 37.1. The van der Waals surface area contributed by atoms with Crippen molar-refractivity contribution in [1.29, 1.82) is 0 Å². The maximum Gasteiger partial charge on any atom is 0.312 e. The molecule has 0 heterocycles. The van der Waals surface area contributed by atoms with Crippen molar-refractivity contribution in [3.8, 4) is 11.5 Å². The monoisotopic (exact) mass is 493 g/mol. The van der Waals surface area contributed by atoms with Crippen LogP contribution in [0.15, 0.2) is 12.1 Å². The van der Waals surface area contributed by atoms with Gasteiger partial charge in [0.25, 0.3) is 5.91 Å². The molecule has 2 N–H and O–H groups in total. The van der Waals surface area contributed by atoms with Crippen LogP contribution < -0.4 is 14.8 Å². The Morgan fingerprint density at radius 3 is 2.31 bits per heavy atom. The Morgan fingerprint density at radius 2 is 1.74 bits per heavy atom. The molecule has 35 heavy (non-hydrogen) atoms. The van der Waals surface area contributed by atoms with E-state index in [2.05, 4.69) is 5.32 Å². The van der Waals surface area contributed by atoms with Gasteiger partial charge in [-0.05, 0) is 72.3 Å². The molecule has 0 aliphatic heterocycles. The number of ether oxygens (including phenoxy) is 3. The zero-order valence-corrected chi connectivity index (χ0v) is 21.1. The zero-order valence-electron chi connectivity index (χ0n) is 21.1. The Hall–Kier alpha value is -2.84. The van der Waals surface area contributed by atoms with Gasteiger partial charge in [-0.3, -0.25) is 14.4 Å². The Balaban J connectivity index is 1.70. The van der Waals surface area contributed by atoms with Crippen molar-refractivity contribution in [3.05, 3.63) is 23.5 Å². The Kier molecular flexibility index (Phi) is 7.97. The molecule has 8 nitrogen and oxygen atoms in total. The predicted molar refractivity (Wildman–Crippen MR) is 126 cm³/mol. The first-order valence-electron chi connectivity index (χ1n) is 12.1. The van der Waals surface area contributed by atoms with Crippen LogP contribution in [0, 0.1) is 17.2 Å². The fourth-order valence-electron chi connectivity index (χ4n) is 4.78. The molecular formula is C26H36FNO7. The first-order chi connectivity index (χ1) is 16.3. The molecular weight excluding hydrogens is 457 g/mol. The number of esters is 1. The molecule has 2 atom stereocenters.